The second-order valence-electron chi connectivity index (χ2n) is 5.41. The molecule has 0 spiro atoms. The molecule has 3 nitrogen and oxygen atoms in total. The van der Waals surface area contributed by atoms with Crippen molar-refractivity contribution < 1.29 is 0 Å². The summed E-state index contributed by atoms with van der Waals surface area (Å²) in [6, 6.07) is 1.46. The number of likely N-dealkylation sites (N-methyl/N-ethyl adjacent to an activating group) is 1. The highest BCUT2D eigenvalue weighted by Gasteiger charge is 2.25. The maximum absolute atomic E-state index is 3.44. The van der Waals surface area contributed by atoms with Crippen molar-refractivity contribution in [2.45, 2.75) is 52.1 Å². The molecule has 2 unspecified atom stereocenters. The lowest BCUT2D eigenvalue weighted by Crippen LogP contribution is -2.45. The third-order valence-electron chi connectivity index (χ3n) is 3.97. The molecule has 102 valence electrons. The van der Waals surface area contributed by atoms with Gasteiger partial charge in [-0.25, -0.2) is 0 Å². The van der Waals surface area contributed by atoms with Gasteiger partial charge in [0, 0.05) is 18.6 Å². The van der Waals surface area contributed by atoms with E-state index in [0.717, 1.165) is 19.1 Å². The smallest absolute Gasteiger partial charge is 0.0223 e. The molecule has 0 amide bonds. The van der Waals surface area contributed by atoms with Gasteiger partial charge >= 0.3 is 0 Å². The van der Waals surface area contributed by atoms with E-state index in [-0.39, 0.29) is 0 Å². The maximum Gasteiger partial charge on any atom is 0.0223 e. The van der Waals surface area contributed by atoms with Crippen molar-refractivity contribution in [2.24, 2.45) is 0 Å². The van der Waals surface area contributed by atoms with Gasteiger partial charge in [-0.2, -0.15) is 0 Å². The molecule has 0 radical (unpaired) electrons. The molecule has 2 atom stereocenters. The molecule has 0 aromatic heterocycles. The van der Waals surface area contributed by atoms with Crippen molar-refractivity contribution in [3.63, 3.8) is 0 Å². The van der Waals surface area contributed by atoms with E-state index in [9.17, 15) is 0 Å². The van der Waals surface area contributed by atoms with Gasteiger partial charge in [0.25, 0.3) is 0 Å². The molecule has 1 heterocycles. The minimum absolute atomic E-state index is 0.713. The van der Waals surface area contributed by atoms with E-state index in [1.165, 1.54) is 38.9 Å². The van der Waals surface area contributed by atoms with E-state index < -0.39 is 0 Å². The third kappa shape index (κ3) is 4.94. The van der Waals surface area contributed by atoms with Crippen molar-refractivity contribution in [2.75, 3.05) is 39.8 Å². The van der Waals surface area contributed by atoms with Gasteiger partial charge in [0.05, 0.1) is 0 Å². The largest absolute Gasteiger partial charge is 0.317 e. The first-order chi connectivity index (χ1) is 8.19. The minimum atomic E-state index is 0.713. The lowest BCUT2D eigenvalue weighted by atomic mass is 10.1. The molecule has 1 rings (SSSR count). The zero-order valence-electron chi connectivity index (χ0n) is 12.2. The standard InChI is InChI=1S/C14H31N3/c1-5-14-12-16(4)10-7-11-17(14)13(3)8-9-15-6-2/h13-15H,5-12H2,1-4H3. The van der Waals surface area contributed by atoms with Crippen LogP contribution < -0.4 is 5.32 Å². The third-order valence-corrected chi connectivity index (χ3v) is 3.97. The highest BCUT2D eigenvalue weighted by atomic mass is 15.2. The zero-order chi connectivity index (χ0) is 12.7. The molecule has 1 fully saturated rings. The van der Waals surface area contributed by atoms with Crippen LogP contribution in [0.5, 0.6) is 0 Å². The number of hydrogen-bond acceptors (Lipinski definition) is 3. The van der Waals surface area contributed by atoms with Gasteiger partial charge in [-0.05, 0) is 59.4 Å². The van der Waals surface area contributed by atoms with E-state index in [2.05, 4.69) is 42.9 Å². The molecule has 17 heavy (non-hydrogen) atoms. The highest BCUT2D eigenvalue weighted by molar-refractivity contribution is 4.81. The van der Waals surface area contributed by atoms with E-state index in [0.29, 0.717) is 6.04 Å². The van der Waals surface area contributed by atoms with Gasteiger partial charge in [-0.1, -0.05) is 13.8 Å². The molecule has 0 aliphatic carbocycles. The van der Waals surface area contributed by atoms with Crippen LogP contribution in [0.3, 0.4) is 0 Å². The highest BCUT2D eigenvalue weighted by Crippen LogP contribution is 2.16. The topological polar surface area (TPSA) is 18.5 Å². The molecule has 0 aromatic rings. The van der Waals surface area contributed by atoms with Crippen LogP contribution in [-0.2, 0) is 0 Å². The Morgan fingerprint density at radius 1 is 1.29 bits per heavy atom. The van der Waals surface area contributed by atoms with Gasteiger partial charge < -0.3 is 10.2 Å². The van der Waals surface area contributed by atoms with Gasteiger partial charge in [0.15, 0.2) is 0 Å². The first-order valence-corrected chi connectivity index (χ1v) is 7.34. The number of nitrogens with one attached hydrogen (secondary N) is 1. The molecule has 1 aliphatic heterocycles. The zero-order valence-corrected chi connectivity index (χ0v) is 12.2. The van der Waals surface area contributed by atoms with Crippen LogP contribution in [0.15, 0.2) is 0 Å². The van der Waals surface area contributed by atoms with E-state index in [4.69, 9.17) is 0 Å². The SMILES string of the molecule is CCNCCC(C)N1CCCN(C)CC1CC. The Hall–Kier alpha value is -0.120. The van der Waals surface area contributed by atoms with Crippen LogP contribution in [0.4, 0.5) is 0 Å². The summed E-state index contributed by atoms with van der Waals surface area (Å²) >= 11 is 0. The number of hydrogen-bond donors (Lipinski definition) is 1. The molecular weight excluding hydrogens is 210 g/mol. The van der Waals surface area contributed by atoms with Gasteiger partial charge in [-0.15, -0.1) is 0 Å². The molecule has 1 aliphatic rings. The fourth-order valence-electron chi connectivity index (χ4n) is 2.86. The van der Waals surface area contributed by atoms with Crippen molar-refractivity contribution in [1.82, 2.24) is 15.1 Å². The van der Waals surface area contributed by atoms with Crippen LogP contribution in [-0.4, -0.2) is 61.7 Å². The monoisotopic (exact) mass is 241 g/mol. The average molecular weight is 241 g/mol. The van der Waals surface area contributed by atoms with Crippen LogP contribution >= 0.6 is 0 Å². The molecule has 3 heteroatoms. The van der Waals surface area contributed by atoms with Crippen molar-refractivity contribution in [3.05, 3.63) is 0 Å². The summed E-state index contributed by atoms with van der Waals surface area (Å²) in [5, 5.41) is 3.44. The fourth-order valence-corrected chi connectivity index (χ4v) is 2.86. The van der Waals surface area contributed by atoms with E-state index in [1.807, 2.05) is 0 Å². The minimum Gasteiger partial charge on any atom is -0.317 e. The Balaban J connectivity index is 2.46. The Bertz CT molecular complexity index is 196. The van der Waals surface area contributed by atoms with Gasteiger partial charge in [0.2, 0.25) is 0 Å². The van der Waals surface area contributed by atoms with E-state index >= 15 is 0 Å². The summed E-state index contributed by atoms with van der Waals surface area (Å²) in [4.78, 5) is 5.23. The summed E-state index contributed by atoms with van der Waals surface area (Å²) in [6.07, 6.45) is 3.86. The average Bonchev–Trinajstić information content (AvgIpc) is 2.50. The van der Waals surface area contributed by atoms with Crippen LogP contribution in [0.2, 0.25) is 0 Å². The molecule has 0 aromatic carbocycles. The quantitative estimate of drug-likeness (QED) is 0.715. The van der Waals surface area contributed by atoms with Gasteiger partial charge in [-0.3, -0.25) is 4.90 Å². The molecule has 1 saturated heterocycles. The Labute approximate surface area is 108 Å². The van der Waals surface area contributed by atoms with E-state index in [1.54, 1.807) is 0 Å². The summed E-state index contributed by atoms with van der Waals surface area (Å²) < 4.78 is 0. The normalized spacial score (nSPS) is 25.8. The van der Waals surface area contributed by atoms with Gasteiger partial charge in [0.1, 0.15) is 0 Å². The number of rotatable bonds is 6. The number of nitrogens with zero attached hydrogens (tertiary/aromatic N) is 2. The van der Waals surface area contributed by atoms with Crippen molar-refractivity contribution >= 4 is 0 Å². The summed E-state index contributed by atoms with van der Waals surface area (Å²) in [5.41, 5.74) is 0. The molecule has 0 bridgehead atoms. The lowest BCUT2D eigenvalue weighted by molar-refractivity contribution is 0.131. The Morgan fingerprint density at radius 3 is 2.71 bits per heavy atom. The van der Waals surface area contributed by atoms with Crippen molar-refractivity contribution in [3.8, 4) is 0 Å². The Kier molecular flexibility index (Phi) is 7.09. The van der Waals surface area contributed by atoms with Crippen LogP contribution in [0, 0.1) is 0 Å². The first-order valence-electron chi connectivity index (χ1n) is 7.34. The molecule has 1 N–H and O–H groups in total. The second kappa shape index (κ2) is 8.06. The second-order valence-corrected chi connectivity index (χ2v) is 5.41. The molecular formula is C14H31N3. The summed E-state index contributed by atoms with van der Waals surface area (Å²) in [7, 11) is 2.26. The predicted octanol–water partition coefficient (Wildman–Crippen LogP) is 1.79. The van der Waals surface area contributed by atoms with Crippen LogP contribution in [0.1, 0.15) is 40.0 Å². The fraction of sp³-hybridized carbons (Fsp3) is 1.00. The predicted molar refractivity (Wildman–Crippen MR) is 75.5 cm³/mol. The van der Waals surface area contributed by atoms with Crippen molar-refractivity contribution in [1.29, 1.82) is 0 Å². The summed E-state index contributed by atoms with van der Waals surface area (Å²) in [6.45, 7) is 12.9. The molecule has 0 saturated carbocycles. The van der Waals surface area contributed by atoms with Crippen LogP contribution in [0.25, 0.3) is 0 Å². The Morgan fingerprint density at radius 2 is 2.06 bits per heavy atom. The summed E-state index contributed by atoms with van der Waals surface area (Å²) in [5.74, 6) is 0. The first kappa shape index (κ1) is 14.9. The lowest BCUT2D eigenvalue weighted by Gasteiger charge is -2.35. The maximum atomic E-state index is 3.44.